The molecule has 2 unspecified atom stereocenters. The van der Waals surface area contributed by atoms with Crippen LogP contribution in [0.3, 0.4) is 0 Å². The Morgan fingerprint density at radius 3 is 2.83 bits per heavy atom. The van der Waals surface area contributed by atoms with Gasteiger partial charge in [0.2, 0.25) is 0 Å². The second-order valence-corrected chi connectivity index (χ2v) is 5.54. The number of hydrogen-bond acceptors (Lipinski definition) is 2. The Balaban J connectivity index is 2.21. The van der Waals surface area contributed by atoms with Gasteiger partial charge >= 0.3 is 0 Å². The molecule has 1 heterocycles. The Morgan fingerprint density at radius 2 is 2.28 bits per heavy atom. The van der Waals surface area contributed by atoms with E-state index in [-0.39, 0.29) is 11.9 Å². The molecule has 4 heteroatoms. The molecule has 2 atom stereocenters. The normalized spacial score (nSPS) is 23.4. The topological polar surface area (TPSA) is 46.3 Å². The van der Waals surface area contributed by atoms with Gasteiger partial charge in [-0.1, -0.05) is 11.6 Å². The van der Waals surface area contributed by atoms with Gasteiger partial charge in [0.05, 0.1) is 0 Å². The quantitative estimate of drug-likeness (QED) is 0.894. The number of nitrogens with two attached hydrogens (primary N) is 1. The molecule has 0 radical (unpaired) electrons. The number of likely N-dealkylation sites (tertiary alicyclic amines) is 1. The van der Waals surface area contributed by atoms with Gasteiger partial charge in [0, 0.05) is 23.2 Å². The van der Waals surface area contributed by atoms with Gasteiger partial charge in [0.25, 0.3) is 5.91 Å². The summed E-state index contributed by atoms with van der Waals surface area (Å²) < 4.78 is 0. The molecular weight excluding hydrogens is 248 g/mol. The van der Waals surface area contributed by atoms with Crippen LogP contribution < -0.4 is 5.73 Å². The summed E-state index contributed by atoms with van der Waals surface area (Å²) in [7, 11) is 0. The van der Waals surface area contributed by atoms with Crippen LogP contribution in [0.4, 0.5) is 0 Å². The summed E-state index contributed by atoms with van der Waals surface area (Å²) in [5, 5.41) is 0.665. The third-order valence-electron chi connectivity index (χ3n) is 3.67. The third-order valence-corrected chi connectivity index (χ3v) is 3.91. The monoisotopic (exact) mass is 266 g/mol. The Labute approximate surface area is 113 Å². The van der Waals surface area contributed by atoms with Gasteiger partial charge in [-0.2, -0.15) is 0 Å². The molecule has 1 aliphatic rings. The first kappa shape index (κ1) is 13.4. The summed E-state index contributed by atoms with van der Waals surface area (Å²) in [6.07, 6.45) is 0.995. The van der Waals surface area contributed by atoms with E-state index in [1.54, 1.807) is 6.07 Å². The zero-order valence-corrected chi connectivity index (χ0v) is 11.6. The molecule has 18 heavy (non-hydrogen) atoms. The first-order chi connectivity index (χ1) is 8.52. The fraction of sp³-hybridized carbons (Fsp3) is 0.500. The number of carbonyl (C=O) groups is 1. The molecule has 98 valence electrons. The van der Waals surface area contributed by atoms with Crippen molar-refractivity contribution in [2.24, 2.45) is 11.7 Å². The fourth-order valence-corrected chi connectivity index (χ4v) is 2.84. The minimum Gasteiger partial charge on any atom is -0.336 e. The van der Waals surface area contributed by atoms with Crippen molar-refractivity contribution in [1.29, 1.82) is 0 Å². The van der Waals surface area contributed by atoms with Crippen LogP contribution in [-0.4, -0.2) is 29.9 Å². The lowest BCUT2D eigenvalue weighted by Crippen LogP contribution is -2.34. The van der Waals surface area contributed by atoms with Gasteiger partial charge in [-0.05, 0) is 56.5 Å². The molecule has 1 fully saturated rings. The number of halogens is 1. The van der Waals surface area contributed by atoms with E-state index >= 15 is 0 Å². The number of benzene rings is 1. The predicted octanol–water partition coefficient (Wildman–Crippen LogP) is 2.46. The molecule has 1 saturated heterocycles. The second-order valence-electron chi connectivity index (χ2n) is 5.10. The summed E-state index contributed by atoms with van der Waals surface area (Å²) in [5.74, 6) is 0.518. The first-order valence-corrected chi connectivity index (χ1v) is 6.68. The molecule has 0 saturated carbocycles. The van der Waals surface area contributed by atoms with Gasteiger partial charge < -0.3 is 10.6 Å². The number of carbonyl (C=O) groups excluding carboxylic acids is 1. The Hall–Kier alpha value is -1.06. The Morgan fingerprint density at radius 1 is 1.56 bits per heavy atom. The first-order valence-electron chi connectivity index (χ1n) is 6.30. The number of aryl methyl sites for hydroxylation is 1. The van der Waals surface area contributed by atoms with Crippen molar-refractivity contribution in [2.75, 3.05) is 13.1 Å². The Bertz CT molecular complexity index is 461. The summed E-state index contributed by atoms with van der Waals surface area (Å²) in [5.41, 5.74) is 7.36. The van der Waals surface area contributed by atoms with Crippen LogP contribution >= 0.6 is 11.6 Å². The molecule has 0 aromatic heterocycles. The van der Waals surface area contributed by atoms with E-state index in [1.165, 1.54) is 0 Å². The lowest BCUT2D eigenvalue weighted by molar-refractivity contribution is 0.0742. The molecule has 3 nitrogen and oxygen atoms in total. The van der Waals surface area contributed by atoms with Crippen LogP contribution in [0, 0.1) is 12.8 Å². The maximum atomic E-state index is 12.5. The van der Waals surface area contributed by atoms with Crippen molar-refractivity contribution in [3.8, 4) is 0 Å². The van der Waals surface area contributed by atoms with E-state index in [2.05, 4.69) is 6.92 Å². The fourth-order valence-electron chi connectivity index (χ4n) is 2.62. The van der Waals surface area contributed by atoms with Crippen molar-refractivity contribution in [3.63, 3.8) is 0 Å². The van der Waals surface area contributed by atoms with Crippen molar-refractivity contribution < 1.29 is 4.79 Å². The van der Waals surface area contributed by atoms with E-state index in [0.29, 0.717) is 17.5 Å². The van der Waals surface area contributed by atoms with E-state index in [9.17, 15) is 4.79 Å². The van der Waals surface area contributed by atoms with Crippen LogP contribution in [0.1, 0.15) is 29.3 Å². The van der Waals surface area contributed by atoms with E-state index < -0.39 is 0 Å². The van der Waals surface area contributed by atoms with Crippen molar-refractivity contribution in [3.05, 3.63) is 34.3 Å². The third kappa shape index (κ3) is 2.52. The lowest BCUT2D eigenvalue weighted by atomic mass is 10.1. The number of rotatable bonds is 2. The molecule has 1 aliphatic heterocycles. The van der Waals surface area contributed by atoms with Crippen LogP contribution in [-0.2, 0) is 0 Å². The molecule has 0 aliphatic carbocycles. The molecule has 1 aromatic rings. The van der Waals surface area contributed by atoms with Gasteiger partial charge in [-0.25, -0.2) is 0 Å². The highest BCUT2D eigenvalue weighted by Crippen LogP contribution is 2.25. The maximum Gasteiger partial charge on any atom is 0.254 e. The largest absolute Gasteiger partial charge is 0.336 e. The van der Waals surface area contributed by atoms with Gasteiger partial charge in [-0.3, -0.25) is 4.79 Å². The van der Waals surface area contributed by atoms with Gasteiger partial charge in [0.15, 0.2) is 0 Å². The highest BCUT2D eigenvalue weighted by atomic mass is 35.5. The lowest BCUT2D eigenvalue weighted by Gasteiger charge is -2.22. The smallest absolute Gasteiger partial charge is 0.254 e. The summed E-state index contributed by atoms with van der Waals surface area (Å²) in [6.45, 7) is 5.41. The Kier molecular flexibility index (Phi) is 3.93. The summed E-state index contributed by atoms with van der Waals surface area (Å²) in [6, 6.07) is 5.67. The second kappa shape index (κ2) is 5.29. The summed E-state index contributed by atoms with van der Waals surface area (Å²) in [4.78, 5) is 14.4. The van der Waals surface area contributed by atoms with Crippen LogP contribution in [0.15, 0.2) is 18.2 Å². The minimum absolute atomic E-state index is 0.0904. The van der Waals surface area contributed by atoms with Crippen LogP contribution in [0.25, 0.3) is 0 Å². The van der Waals surface area contributed by atoms with E-state index in [4.69, 9.17) is 17.3 Å². The average Bonchev–Trinajstić information content (AvgIpc) is 2.70. The van der Waals surface area contributed by atoms with Crippen molar-refractivity contribution in [1.82, 2.24) is 4.90 Å². The SMILES string of the molecule is Cc1cc(Cl)ccc1C(=O)N1CC(CN)CC1C. The molecule has 0 bridgehead atoms. The van der Waals surface area contributed by atoms with Gasteiger partial charge in [0.1, 0.15) is 0 Å². The molecular formula is C14H19ClN2O. The standard InChI is InChI=1S/C14H19ClN2O/c1-9-5-12(15)3-4-13(9)14(18)17-8-11(7-16)6-10(17)2/h3-5,10-11H,6-8,16H2,1-2H3. The van der Waals surface area contributed by atoms with Gasteiger partial charge in [-0.15, -0.1) is 0 Å². The molecule has 0 spiro atoms. The molecule has 1 aromatic carbocycles. The number of amides is 1. The van der Waals surface area contributed by atoms with Crippen LogP contribution in [0.5, 0.6) is 0 Å². The minimum atomic E-state index is 0.0904. The highest BCUT2D eigenvalue weighted by Gasteiger charge is 2.32. The van der Waals surface area contributed by atoms with Crippen molar-refractivity contribution >= 4 is 17.5 Å². The summed E-state index contributed by atoms with van der Waals surface area (Å²) >= 11 is 5.91. The molecule has 2 N–H and O–H groups in total. The van der Waals surface area contributed by atoms with E-state index in [1.807, 2.05) is 24.0 Å². The molecule has 2 rings (SSSR count). The highest BCUT2D eigenvalue weighted by molar-refractivity contribution is 6.30. The van der Waals surface area contributed by atoms with Crippen LogP contribution in [0.2, 0.25) is 5.02 Å². The zero-order chi connectivity index (χ0) is 13.3. The van der Waals surface area contributed by atoms with E-state index in [0.717, 1.165) is 24.1 Å². The average molecular weight is 267 g/mol. The molecule has 1 amide bonds. The zero-order valence-electron chi connectivity index (χ0n) is 10.8. The number of hydrogen-bond donors (Lipinski definition) is 1. The maximum absolute atomic E-state index is 12.5. The van der Waals surface area contributed by atoms with Crippen molar-refractivity contribution in [2.45, 2.75) is 26.3 Å². The predicted molar refractivity (Wildman–Crippen MR) is 73.8 cm³/mol. The number of nitrogens with zero attached hydrogens (tertiary/aromatic N) is 1.